The van der Waals surface area contributed by atoms with E-state index in [4.69, 9.17) is 9.47 Å². The van der Waals surface area contributed by atoms with E-state index in [9.17, 15) is 24.0 Å². The summed E-state index contributed by atoms with van der Waals surface area (Å²) in [4.78, 5) is 65.8. The zero-order valence-electron chi connectivity index (χ0n) is 23.6. The number of amides is 5. The van der Waals surface area contributed by atoms with Gasteiger partial charge in [0.2, 0.25) is 23.6 Å². The third-order valence-electron chi connectivity index (χ3n) is 7.06. The largest absolute Gasteiger partial charge is 0.493 e. The highest BCUT2D eigenvalue weighted by molar-refractivity contribution is 5.91. The van der Waals surface area contributed by atoms with Crippen molar-refractivity contribution in [3.63, 3.8) is 0 Å². The van der Waals surface area contributed by atoms with E-state index in [1.54, 1.807) is 35.9 Å². The van der Waals surface area contributed by atoms with Crippen molar-refractivity contribution in [3.05, 3.63) is 23.8 Å². The van der Waals surface area contributed by atoms with Gasteiger partial charge in [-0.15, -0.1) is 0 Å². The van der Waals surface area contributed by atoms with Crippen LogP contribution in [-0.2, 0) is 30.4 Å². The molecule has 5 amide bonds. The Morgan fingerprint density at radius 1 is 0.950 bits per heavy atom. The molecule has 1 fully saturated rings. The van der Waals surface area contributed by atoms with Crippen LogP contribution in [0.4, 0.5) is 0 Å². The summed E-state index contributed by atoms with van der Waals surface area (Å²) in [7, 11) is 3.18. The van der Waals surface area contributed by atoms with Crippen LogP contribution in [0, 0.1) is 0 Å². The van der Waals surface area contributed by atoms with E-state index in [1.165, 1.54) is 7.11 Å². The predicted molar refractivity (Wildman–Crippen MR) is 147 cm³/mol. The van der Waals surface area contributed by atoms with Gasteiger partial charge in [0.15, 0.2) is 18.1 Å². The maximum atomic E-state index is 13.1. The van der Waals surface area contributed by atoms with Crippen molar-refractivity contribution in [2.75, 3.05) is 46.9 Å². The summed E-state index contributed by atoms with van der Waals surface area (Å²) in [6.07, 6.45) is 3.42. The second kappa shape index (κ2) is 15.1. The van der Waals surface area contributed by atoms with Gasteiger partial charge >= 0.3 is 0 Å². The lowest BCUT2D eigenvalue weighted by molar-refractivity contribution is -0.135. The molecule has 0 unspecified atom stereocenters. The molecule has 0 aromatic heterocycles. The Hall–Kier alpha value is -3.83. The van der Waals surface area contributed by atoms with Crippen LogP contribution in [0.25, 0.3) is 0 Å². The fraction of sp³-hybridized carbons (Fsp3) is 0.607. The van der Waals surface area contributed by atoms with E-state index < -0.39 is 18.0 Å². The summed E-state index contributed by atoms with van der Waals surface area (Å²) in [5.41, 5.74) is 0.842. The van der Waals surface area contributed by atoms with Gasteiger partial charge in [0, 0.05) is 46.1 Å². The van der Waals surface area contributed by atoms with Crippen LogP contribution in [0.2, 0.25) is 0 Å². The van der Waals surface area contributed by atoms with Crippen LogP contribution >= 0.6 is 0 Å². The van der Waals surface area contributed by atoms with Gasteiger partial charge < -0.3 is 35.2 Å². The van der Waals surface area contributed by atoms with Crippen molar-refractivity contribution in [2.24, 2.45) is 0 Å². The monoisotopic (exact) mass is 559 g/mol. The summed E-state index contributed by atoms with van der Waals surface area (Å²) in [5.74, 6) is -0.203. The maximum Gasteiger partial charge on any atom is 0.258 e. The highest BCUT2D eigenvalue weighted by Gasteiger charge is 2.30. The molecule has 0 aliphatic carbocycles. The van der Waals surface area contributed by atoms with Crippen LogP contribution < -0.4 is 25.4 Å². The Labute approximate surface area is 235 Å². The van der Waals surface area contributed by atoms with Crippen LogP contribution in [0.1, 0.15) is 51.0 Å². The number of benzene rings is 1. The summed E-state index contributed by atoms with van der Waals surface area (Å²) >= 11 is 0. The van der Waals surface area contributed by atoms with Crippen molar-refractivity contribution in [1.29, 1.82) is 0 Å². The van der Waals surface area contributed by atoms with Crippen LogP contribution in [0.15, 0.2) is 18.2 Å². The van der Waals surface area contributed by atoms with Crippen LogP contribution in [0.3, 0.4) is 0 Å². The molecule has 220 valence electrons. The number of fused-ring (bicyclic) bond motifs is 2. The standard InChI is InChI=1S/C28H41N5O7/c1-19-27(37)32(2)14-4-5-15-33(28(38)21-9-12-25(35)31-21)16-6-13-29-24(34)11-8-20-7-10-22(39-3)23(17-20)40-18-26(36)30-19/h7,10,17,19,21H,4-6,8-9,11-16,18H2,1-3H3,(H,29,34)(H,30,36)(H,31,35)/t19-,21-/m0/s1. The Bertz CT molecular complexity index is 1080. The van der Waals surface area contributed by atoms with Crippen LogP contribution in [0.5, 0.6) is 11.5 Å². The fourth-order valence-corrected chi connectivity index (χ4v) is 4.77. The van der Waals surface area contributed by atoms with Crippen molar-refractivity contribution in [1.82, 2.24) is 25.8 Å². The number of aryl methyl sites for hydroxylation is 1. The lowest BCUT2D eigenvalue weighted by Crippen LogP contribution is -2.47. The average Bonchev–Trinajstić information content (AvgIpc) is 3.38. The number of carbonyl (C=O) groups is 5. The minimum absolute atomic E-state index is 0.109. The molecule has 2 bridgehead atoms. The van der Waals surface area contributed by atoms with Gasteiger partial charge in [-0.05, 0) is 56.7 Å². The number of carbonyl (C=O) groups excluding carboxylic acids is 5. The van der Waals surface area contributed by atoms with Gasteiger partial charge in [0.1, 0.15) is 12.1 Å². The first kappa shape index (κ1) is 30.7. The molecule has 2 heterocycles. The van der Waals surface area contributed by atoms with Crippen molar-refractivity contribution in [2.45, 2.75) is 64.0 Å². The molecule has 2 atom stereocenters. The lowest BCUT2D eigenvalue weighted by atomic mass is 10.1. The summed E-state index contributed by atoms with van der Waals surface area (Å²) in [5, 5.41) is 8.32. The minimum atomic E-state index is -0.741. The van der Waals surface area contributed by atoms with Gasteiger partial charge in [-0.2, -0.15) is 0 Å². The molecule has 2 aliphatic heterocycles. The smallest absolute Gasteiger partial charge is 0.258 e. The third kappa shape index (κ3) is 9.13. The zero-order chi connectivity index (χ0) is 29.1. The molecule has 1 aromatic carbocycles. The number of likely N-dealkylation sites (N-methyl/N-ethyl adjacent to an activating group) is 1. The normalized spacial score (nSPS) is 22.7. The first-order chi connectivity index (χ1) is 19.2. The number of nitrogens with zero attached hydrogens (tertiary/aromatic N) is 2. The first-order valence-corrected chi connectivity index (χ1v) is 13.9. The molecular weight excluding hydrogens is 518 g/mol. The van der Waals surface area contributed by atoms with E-state index in [0.29, 0.717) is 76.2 Å². The highest BCUT2D eigenvalue weighted by Crippen LogP contribution is 2.28. The van der Waals surface area contributed by atoms with E-state index in [2.05, 4.69) is 16.0 Å². The second-order valence-electron chi connectivity index (χ2n) is 10.2. The quantitative estimate of drug-likeness (QED) is 0.475. The molecule has 2 aliphatic rings. The Morgan fingerprint density at radius 3 is 2.42 bits per heavy atom. The molecule has 0 spiro atoms. The number of hydrogen-bond acceptors (Lipinski definition) is 7. The van der Waals surface area contributed by atoms with E-state index in [1.807, 2.05) is 6.07 Å². The Kier molecular flexibility index (Phi) is 11.6. The SMILES string of the molecule is COc1ccc2cc1OCC(=O)N[C@@H](C)C(=O)N(C)CCCCN(C(=O)[C@@H]1CCC(=O)N1)CCCNC(=O)CC2. The zero-order valence-corrected chi connectivity index (χ0v) is 23.6. The van der Waals surface area contributed by atoms with Crippen molar-refractivity contribution >= 4 is 29.5 Å². The van der Waals surface area contributed by atoms with Gasteiger partial charge in [0.25, 0.3) is 5.91 Å². The molecule has 0 saturated carbocycles. The summed E-state index contributed by atoms with van der Waals surface area (Å²) < 4.78 is 11.0. The molecule has 0 radical (unpaired) electrons. The topological polar surface area (TPSA) is 146 Å². The van der Waals surface area contributed by atoms with E-state index >= 15 is 0 Å². The molecule has 40 heavy (non-hydrogen) atoms. The molecule has 3 rings (SSSR count). The van der Waals surface area contributed by atoms with Gasteiger partial charge in [-0.25, -0.2) is 0 Å². The first-order valence-electron chi connectivity index (χ1n) is 13.9. The number of methoxy groups -OCH3 is 1. The molecule has 1 aromatic rings. The molecule has 1 saturated heterocycles. The molecular formula is C28H41N5O7. The van der Waals surface area contributed by atoms with E-state index in [0.717, 1.165) is 5.56 Å². The summed E-state index contributed by atoms with van der Waals surface area (Å²) in [6.45, 7) is 3.12. The molecule has 12 nitrogen and oxygen atoms in total. The predicted octanol–water partition coefficient (Wildman–Crippen LogP) is 0.377. The van der Waals surface area contributed by atoms with Gasteiger partial charge in [-0.1, -0.05) is 6.07 Å². The number of hydrogen-bond donors (Lipinski definition) is 3. The average molecular weight is 560 g/mol. The highest BCUT2D eigenvalue weighted by atomic mass is 16.5. The number of ether oxygens (including phenoxy) is 2. The van der Waals surface area contributed by atoms with E-state index in [-0.39, 0.29) is 36.7 Å². The maximum absolute atomic E-state index is 13.1. The number of nitrogens with one attached hydrogen (secondary N) is 3. The van der Waals surface area contributed by atoms with Crippen LogP contribution in [-0.4, -0.2) is 98.4 Å². The molecule has 3 N–H and O–H groups in total. The second-order valence-corrected chi connectivity index (χ2v) is 10.2. The van der Waals surface area contributed by atoms with Gasteiger partial charge in [-0.3, -0.25) is 24.0 Å². The fourth-order valence-electron chi connectivity index (χ4n) is 4.77. The van der Waals surface area contributed by atoms with Crippen molar-refractivity contribution < 1.29 is 33.4 Å². The van der Waals surface area contributed by atoms with Crippen molar-refractivity contribution in [3.8, 4) is 11.5 Å². The Balaban J connectivity index is 1.69. The Morgan fingerprint density at radius 2 is 1.70 bits per heavy atom. The summed E-state index contributed by atoms with van der Waals surface area (Å²) in [6, 6.07) is 4.03. The van der Waals surface area contributed by atoms with Gasteiger partial charge in [0.05, 0.1) is 7.11 Å². The number of rotatable bonds is 2. The molecule has 12 heteroatoms. The lowest BCUT2D eigenvalue weighted by Gasteiger charge is -2.27. The minimum Gasteiger partial charge on any atom is -0.493 e. The third-order valence-corrected chi connectivity index (χ3v) is 7.06.